The third-order valence-corrected chi connectivity index (χ3v) is 19.1. The Morgan fingerprint density at radius 1 is 0.901 bits per heavy atom. The van der Waals surface area contributed by atoms with Crippen LogP contribution in [0.1, 0.15) is 154 Å². The number of cyclic esters (lactones) is 1. The number of anilines is 1. The molecule has 1 saturated carbocycles. The fourth-order valence-electron chi connectivity index (χ4n) is 15.0. The third kappa shape index (κ3) is 12.1. The van der Waals surface area contributed by atoms with Gasteiger partial charge in [-0.05, 0) is 162 Å². The molecule has 11 rings (SSSR count). The lowest BCUT2D eigenvalue weighted by Crippen LogP contribution is -2.62. The second-order valence-electron chi connectivity index (χ2n) is 27.3. The van der Waals surface area contributed by atoms with Crippen molar-refractivity contribution in [3.05, 3.63) is 71.0 Å². The number of amides is 3. The Morgan fingerprint density at radius 3 is 2.46 bits per heavy atom. The molecular weight excluding hydrogens is 1020 g/mol. The molecule has 16 heteroatoms. The van der Waals surface area contributed by atoms with Crippen LogP contribution in [0.15, 0.2) is 48.7 Å². The number of hydrogen-bond donors (Lipinski definition) is 2. The lowest BCUT2D eigenvalue weighted by Gasteiger charge is -2.45. The van der Waals surface area contributed by atoms with Crippen molar-refractivity contribution in [3.63, 3.8) is 0 Å². The van der Waals surface area contributed by atoms with E-state index in [-0.39, 0.29) is 48.2 Å². The summed E-state index contributed by atoms with van der Waals surface area (Å²) in [6, 6.07) is 13.0. The number of nitrogens with zero attached hydrogens (tertiary/aromatic N) is 7. The van der Waals surface area contributed by atoms with Crippen LogP contribution in [0.25, 0.3) is 33.3 Å². The lowest BCUT2D eigenvalue weighted by molar-refractivity contribution is -0.155. The number of alkyl halides is 1. The molecule has 0 unspecified atom stereocenters. The molecule has 5 saturated heterocycles. The third-order valence-electron chi connectivity index (χ3n) is 19.1. The summed E-state index contributed by atoms with van der Waals surface area (Å²) >= 11 is 0. The molecule has 1 spiro atoms. The number of nitrogens with one attached hydrogen (secondary N) is 2. The average Bonchev–Trinajstić information content (AvgIpc) is 4.43. The molecule has 1 aliphatic carbocycles. The number of likely N-dealkylation sites (tertiary alicyclic amines) is 2. The zero-order valence-corrected chi connectivity index (χ0v) is 49.7. The number of aromatic nitrogens is 2. The van der Waals surface area contributed by atoms with E-state index in [0.29, 0.717) is 70.1 Å². The van der Waals surface area contributed by atoms with Crippen LogP contribution in [0.3, 0.4) is 0 Å². The number of halogens is 1. The van der Waals surface area contributed by atoms with E-state index < -0.39 is 41.8 Å². The SMILES string of the molecule is CCn1c(-c2cc(N3CCN4CCCC[C@@H]4C3)cnc2C(C)C)c2c3cc(ccc31)-c1cc(CF)cc(c1)C[C@H](NC(=O)[C@H](C1CCCC1)N1CC[C@]3(CCN(C(=O)OC(C)(C)C)C3)C1)C(=O)N1CCC[C@H](N1)C(=O)OCC(C)(C)C2. The fourth-order valence-corrected chi connectivity index (χ4v) is 15.0. The minimum atomic E-state index is -1.03. The molecular formula is C65H90FN9O6. The van der Waals surface area contributed by atoms with Crippen molar-refractivity contribution >= 4 is 40.5 Å². The van der Waals surface area contributed by atoms with E-state index in [1.807, 2.05) is 37.8 Å². The van der Waals surface area contributed by atoms with Crippen molar-refractivity contribution in [1.82, 2.24) is 40.0 Å². The molecule has 6 bridgehead atoms. The Kier molecular flexibility index (Phi) is 16.4. The molecule has 2 aromatic heterocycles. The average molecular weight is 1110 g/mol. The van der Waals surface area contributed by atoms with E-state index in [1.54, 1.807) is 0 Å². The number of benzene rings is 2. The first-order valence-electron chi connectivity index (χ1n) is 30.9. The topological polar surface area (TPSA) is 145 Å². The summed E-state index contributed by atoms with van der Waals surface area (Å²) in [6.07, 6.45) is 12.9. The van der Waals surface area contributed by atoms with Gasteiger partial charge in [-0.2, -0.15) is 0 Å². The second-order valence-corrected chi connectivity index (χ2v) is 27.3. The van der Waals surface area contributed by atoms with Crippen molar-refractivity contribution in [2.45, 2.75) is 188 Å². The van der Waals surface area contributed by atoms with Gasteiger partial charge in [0.15, 0.2) is 0 Å². The van der Waals surface area contributed by atoms with Crippen LogP contribution in [-0.2, 0) is 49.9 Å². The summed E-state index contributed by atoms with van der Waals surface area (Å²) < 4.78 is 29.9. The molecule has 5 atom stereocenters. The van der Waals surface area contributed by atoms with E-state index in [1.165, 1.54) is 30.8 Å². The molecule has 7 aliphatic rings. The summed E-state index contributed by atoms with van der Waals surface area (Å²) in [5.41, 5.74) is 11.6. The highest BCUT2D eigenvalue weighted by atomic mass is 19.1. The number of piperidine rings is 1. The van der Waals surface area contributed by atoms with Gasteiger partial charge in [0.05, 0.1) is 35.9 Å². The number of hydrogen-bond acceptors (Lipinski definition) is 11. The predicted molar refractivity (Wildman–Crippen MR) is 315 cm³/mol. The van der Waals surface area contributed by atoms with Gasteiger partial charge < -0.3 is 29.2 Å². The molecule has 15 nitrogen and oxygen atoms in total. The van der Waals surface area contributed by atoms with Crippen LogP contribution in [-0.4, -0.2) is 148 Å². The smallest absolute Gasteiger partial charge is 0.410 e. The minimum Gasteiger partial charge on any atom is -0.464 e. The number of rotatable bonds is 9. The zero-order valence-electron chi connectivity index (χ0n) is 49.7. The normalized spacial score (nSPS) is 25.6. The lowest BCUT2D eigenvalue weighted by atomic mass is 9.83. The Balaban J connectivity index is 0.967. The van der Waals surface area contributed by atoms with Gasteiger partial charge >= 0.3 is 12.1 Å². The molecule has 6 aliphatic heterocycles. The van der Waals surface area contributed by atoms with Gasteiger partial charge in [0.1, 0.15) is 24.4 Å². The largest absolute Gasteiger partial charge is 0.464 e. The first kappa shape index (κ1) is 57.2. The van der Waals surface area contributed by atoms with Crippen LogP contribution in [0.2, 0.25) is 0 Å². The monoisotopic (exact) mass is 1110 g/mol. The first-order chi connectivity index (χ1) is 38.8. The molecule has 2 aromatic carbocycles. The first-order valence-corrected chi connectivity index (χ1v) is 30.9. The van der Waals surface area contributed by atoms with Gasteiger partial charge in [-0.3, -0.25) is 34.2 Å². The van der Waals surface area contributed by atoms with E-state index in [2.05, 4.69) is 101 Å². The van der Waals surface area contributed by atoms with Crippen molar-refractivity contribution in [1.29, 1.82) is 0 Å². The van der Waals surface area contributed by atoms with Gasteiger partial charge in [0.2, 0.25) is 5.91 Å². The summed E-state index contributed by atoms with van der Waals surface area (Å²) in [6.45, 7) is 23.8. The van der Waals surface area contributed by atoms with E-state index in [4.69, 9.17) is 14.5 Å². The summed E-state index contributed by atoms with van der Waals surface area (Å²) in [5, 5.41) is 5.92. The number of esters is 1. The standard InChI is InChI=1S/C65H90FN9O6/c1-9-74-55-20-19-46-33-50(55)52(58(74)51-34-49(37-67-56(51)42(2)3)71-28-27-70-23-13-12-17-48(70)38-71)35-64(7,8)41-80-61(78)53-18-14-24-75(69-53)60(77)54(32-43-29-44(36-66)31-47(46)30-43)68-59(76)57(45-15-10-11-16-45)72-25-21-65(39-72)22-26-73(40-65)62(79)81-63(4,5)6/h19-20,29-31,33-34,37,42,45,48,53-54,57,69H,9-18,21-28,32,35-36,38-41H2,1-8H3,(H,68,76)/t48-,53+,54+,57+,65+/m1/s1. The Hall–Kier alpha value is -5.58. The molecule has 81 heavy (non-hydrogen) atoms. The van der Waals surface area contributed by atoms with Gasteiger partial charge in [-0.25, -0.2) is 14.6 Å². The van der Waals surface area contributed by atoms with Gasteiger partial charge in [0, 0.05) is 92.1 Å². The number of pyridine rings is 1. The number of carbonyl (C=O) groups excluding carboxylic acids is 4. The van der Waals surface area contributed by atoms with Crippen LogP contribution in [0, 0.1) is 16.7 Å². The Bertz CT molecular complexity index is 3000. The predicted octanol–water partition coefficient (Wildman–Crippen LogP) is 10.2. The van der Waals surface area contributed by atoms with Crippen LogP contribution >= 0.6 is 0 Å². The number of hydrazine groups is 1. The van der Waals surface area contributed by atoms with E-state index >= 15 is 14.0 Å². The van der Waals surface area contributed by atoms with Gasteiger partial charge in [-0.15, -0.1) is 0 Å². The summed E-state index contributed by atoms with van der Waals surface area (Å²) in [5.74, 6) is -0.713. The summed E-state index contributed by atoms with van der Waals surface area (Å²) in [4.78, 5) is 72.8. The van der Waals surface area contributed by atoms with Gasteiger partial charge in [-0.1, -0.05) is 65.2 Å². The number of aryl methyl sites for hydroxylation is 1. The Morgan fingerprint density at radius 2 is 1.69 bits per heavy atom. The van der Waals surface area contributed by atoms with Crippen molar-refractivity contribution in [2.24, 2.45) is 16.7 Å². The van der Waals surface area contributed by atoms with E-state index in [9.17, 15) is 9.59 Å². The van der Waals surface area contributed by atoms with Crippen LogP contribution < -0.4 is 15.6 Å². The highest BCUT2D eigenvalue weighted by Gasteiger charge is 2.50. The number of carbonyl (C=O) groups is 4. The molecule has 0 radical (unpaired) electrons. The van der Waals surface area contributed by atoms with Crippen LogP contribution in [0.4, 0.5) is 14.9 Å². The van der Waals surface area contributed by atoms with Crippen LogP contribution in [0.5, 0.6) is 0 Å². The van der Waals surface area contributed by atoms with E-state index in [0.717, 1.165) is 114 Å². The molecule has 4 aromatic rings. The maximum Gasteiger partial charge on any atom is 0.410 e. The molecule has 3 amide bonds. The number of piperazine rings is 1. The molecule has 438 valence electrons. The molecule has 2 N–H and O–H groups in total. The van der Waals surface area contributed by atoms with Crippen molar-refractivity contribution < 1.29 is 33.0 Å². The van der Waals surface area contributed by atoms with Crippen molar-refractivity contribution in [3.8, 4) is 22.4 Å². The number of ether oxygens (including phenoxy) is 2. The number of fused-ring (bicyclic) bond motifs is 7. The quantitative estimate of drug-likeness (QED) is 0.155. The highest BCUT2D eigenvalue weighted by molar-refractivity contribution is 5.96. The zero-order chi connectivity index (χ0) is 57.0. The van der Waals surface area contributed by atoms with Crippen molar-refractivity contribution in [2.75, 3.05) is 70.4 Å². The Labute approximate surface area is 480 Å². The molecule has 8 heterocycles. The molecule has 6 fully saturated rings. The fraction of sp³-hybridized carbons (Fsp3) is 0.646. The highest BCUT2D eigenvalue weighted by Crippen LogP contribution is 2.45. The maximum absolute atomic E-state index is 15.3. The minimum absolute atomic E-state index is 0.105. The second kappa shape index (κ2) is 23.2. The maximum atomic E-state index is 15.3. The van der Waals surface area contributed by atoms with Gasteiger partial charge in [0.25, 0.3) is 5.91 Å². The summed E-state index contributed by atoms with van der Waals surface area (Å²) in [7, 11) is 0.